The number of fused-ring (bicyclic) bond motifs is 1. The first kappa shape index (κ1) is 13.0. The topological polar surface area (TPSA) is 37.8 Å². The molecule has 3 nitrogen and oxygen atoms in total. The molecule has 1 aromatic carbocycles. The van der Waals surface area contributed by atoms with Gasteiger partial charge in [0, 0.05) is 18.4 Å². The highest BCUT2D eigenvalue weighted by atomic mass is 14.9. The minimum atomic E-state index is 0.432. The standard InChI is InChI=1S/C15H21N3/c1-3-5-13(16-8-4-2)12-6-7-14-15(11-12)18-10-9-17-14/h6-7,9-11,13,16H,3-5,8H2,1-2H3. The Labute approximate surface area is 109 Å². The van der Waals surface area contributed by atoms with Crippen LogP contribution in [0.1, 0.15) is 44.7 Å². The summed E-state index contributed by atoms with van der Waals surface area (Å²) in [7, 11) is 0. The second-order valence-corrected chi connectivity index (χ2v) is 4.60. The van der Waals surface area contributed by atoms with Crippen molar-refractivity contribution >= 4 is 11.0 Å². The Bertz CT molecular complexity index is 496. The van der Waals surface area contributed by atoms with Crippen molar-refractivity contribution < 1.29 is 0 Å². The van der Waals surface area contributed by atoms with Crippen molar-refractivity contribution in [3.8, 4) is 0 Å². The van der Waals surface area contributed by atoms with Gasteiger partial charge in [0.15, 0.2) is 0 Å². The van der Waals surface area contributed by atoms with Gasteiger partial charge in [-0.25, -0.2) is 0 Å². The van der Waals surface area contributed by atoms with E-state index in [1.807, 2.05) is 0 Å². The van der Waals surface area contributed by atoms with Crippen LogP contribution in [0.25, 0.3) is 11.0 Å². The molecule has 0 aliphatic heterocycles. The summed E-state index contributed by atoms with van der Waals surface area (Å²) in [5.74, 6) is 0. The Hall–Kier alpha value is -1.48. The van der Waals surface area contributed by atoms with Gasteiger partial charge in [0.05, 0.1) is 11.0 Å². The van der Waals surface area contributed by atoms with E-state index in [1.54, 1.807) is 12.4 Å². The molecule has 1 heterocycles. The molecular weight excluding hydrogens is 222 g/mol. The maximum atomic E-state index is 4.37. The highest BCUT2D eigenvalue weighted by molar-refractivity contribution is 5.74. The Kier molecular flexibility index (Phi) is 4.65. The third-order valence-corrected chi connectivity index (χ3v) is 3.11. The van der Waals surface area contributed by atoms with E-state index in [1.165, 1.54) is 12.0 Å². The van der Waals surface area contributed by atoms with E-state index in [-0.39, 0.29) is 0 Å². The molecule has 0 bridgehead atoms. The van der Waals surface area contributed by atoms with Gasteiger partial charge in [-0.3, -0.25) is 9.97 Å². The molecule has 0 aliphatic carbocycles. The SMILES string of the molecule is CCCNC(CCC)c1ccc2nccnc2c1. The Morgan fingerprint density at radius 1 is 1.06 bits per heavy atom. The lowest BCUT2D eigenvalue weighted by molar-refractivity contribution is 0.494. The number of hydrogen-bond acceptors (Lipinski definition) is 3. The zero-order valence-electron chi connectivity index (χ0n) is 11.2. The van der Waals surface area contributed by atoms with E-state index in [4.69, 9.17) is 0 Å². The minimum Gasteiger partial charge on any atom is -0.310 e. The largest absolute Gasteiger partial charge is 0.310 e. The molecule has 0 fully saturated rings. The van der Waals surface area contributed by atoms with Crippen LogP contribution in [0.3, 0.4) is 0 Å². The lowest BCUT2D eigenvalue weighted by Crippen LogP contribution is -2.22. The summed E-state index contributed by atoms with van der Waals surface area (Å²) in [6.07, 6.45) is 6.99. The molecule has 1 atom stereocenters. The van der Waals surface area contributed by atoms with Crippen LogP contribution in [0.2, 0.25) is 0 Å². The molecule has 3 heteroatoms. The Morgan fingerprint density at radius 3 is 2.56 bits per heavy atom. The van der Waals surface area contributed by atoms with Crippen molar-refractivity contribution in [2.24, 2.45) is 0 Å². The van der Waals surface area contributed by atoms with E-state index in [0.717, 1.165) is 30.4 Å². The van der Waals surface area contributed by atoms with Gasteiger partial charge in [-0.05, 0) is 37.1 Å². The molecule has 0 aliphatic rings. The zero-order valence-corrected chi connectivity index (χ0v) is 11.2. The van der Waals surface area contributed by atoms with Crippen LogP contribution in [0.5, 0.6) is 0 Å². The number of nitrogens with zero attached hydrogens (tertiary/aromatic N) is 2. The minimum absolute atomic E-state index is 0.432. The molecule has 96 valence electrons. The molecule has 1 N–H and O–H groups in total. The first-order valence-electron chi connectivity index (χ1n) is 6.79. The second-order valence-electron chi connectivity index (χ2n) is 4.60. The molecule has 0 radical (unpaired) electrons. The van der Waals surface area contributed by atoms with E-state index >= 15 is 0 Å². The van der Waals surface area contributed by atoms with Crippen LogP contribution in [-0.4, -0.2) is 16.5 Å². The van der Waals surface area contributed by atoms with Gasteiger partial charge in [-0.2, -0.15) is 0 Å². The Balaban J connectivity index is 2.25. The summed E-state index contributed by atoms with van der Waals surface area (Å²) in [5.41, 5.74) is 3.26. The summed E-state index contributed by atoms with van der Waals surface area (Å²) in [6, 6.07) is 6.82. The fourth-order valence-electron chi connectivity index (χ4n) is 2.19. The molecule has 0 amide bonds. The molecule has 2 aromatic rings. The average Bonchev–Trinajstić information content (AvgIpc) is 2.43. The summed E-state index contributed by atoms with van der Waals surface area (Å²) < 4.78 is 0. The Morgan fingerprint density at radius 2 is 1.83 bits per heavy atom. The maximum absolute atomic E-state index is 4.37. The average molecular weight is 243 g/mol. The van der Waals surface area contributed by atoms with Gasteiger partial charge in [-0.1, -0.05) is 26.3 Å². The van der Waals surface area contributed by atoms with Crippen molar-refractivity contribution in [2.75, 3.05) is 6.54 Å². The monoisotopic (exact) mass is 243 g/mol. The van der Waals surface area contributed by atoms with E-state index < -0.39 is 0 Å². The van der Waals surface area contributed by atoms with Crippen molar-refractivity contribution in [3.63, 3.8) is 0 Å². The van der Waals surface area contributed by atoms with Gasteiger partial charge >= 0.3 is 0 Å². The maximum Gasteiger partial charge on any atom is 0.0890 e. The predicted octanol–water partition coefficient (Wildman–Crippen LogP) is 3.47. The summed E-state index contributed by atoms with van der Waals surface area (Å²) in [4.78, 5) is 8.68. The summed E-state index contributed by atoms with van der Waals surface area (Å²) in [6.45, 7) is 5.48. The van der Waals surface area contributed by atoms with Crippen LogP contribution in [0, 0.1) is 0 Å². The number of aromatic nitrogens is 2. The number of benzene rings is 1. The van der Waals surface area contributed by atoms with Gasteiger partial charge in [0.2, 0.25) is 0 Å². The molecule has 2 rings (SSSR count). The van der Waals surface area contributed by atoms with Crippen molar-refractivity contribution in [1.29, 1.82) is 0 Å². The quantitative estimate of drug-likeness (QED) is 0.844. The van der Waals surface area contributed by atoms with E-state index in [9.17, 15) is 0 Å². The van der Waals surface area contributed by atoms with Gasteiger partial charge in [0.25, 0.3) is 0 Å². The molecule has 0 saturated heterocycles. The van der Waals surface area contributed by atoms with E-state index in [2.05, 4.69) is 47.3 Å². The van der Waals surface area contributed by atoms with Crippen LogP contribution in [0.15, 0.2) is 30.6 Å². The van der Waals surface area contributed by atoms with Crippen LogP contribution < -0.4 is 5.32 Å². The van der Waals surface area contributed by atoms with Gasteiger partial charge < -0.3 is 5.32 Å². The normalized spacial score (nSPS) is 12.8. The fourth-order valence-corrected chi connectivity index (χ4v) is 2.19. The summed E-state index contributed by atoms with van der Waals surface area (Å²) >= 11 is 0. The molecule has 0 saturated carbocycles. The fraction of sp³-hybridized carbons (Fsp3) is 0.467. The molecule has 1 unspecified atom stereocenters. The highest BCUT2D eigenvalue weighted by Crippen LogP contribution is 2.21. The molecule has 1 aromatic heterocycles. The lowest BCUT2D eigenvalue weighted by atomic mass is 10.0. The second kappa shape index (κ2) is 6.45. The molecular formula is C15H21N3. The van der Waals surface area contributed by atoms with Crippen molar-refractivity contribution in [2.45, 2.75) is 39.2 Å². The summed E-state index contributed by atoms with van der Waals surface area (Å²) in [5, 5.41) is 3.60. The van der Waals surface area contributed by atoms with Crippen molar-refractivity contribution in [3.05, 3.63) is 36.2 Å². The van der Waals surface area contributed by atoms with Gasteiger partial charge in [0.1, 0.15) is 0 Å². The molecule has 0 spiro atoms. The van der Waals surface area contributed by atoms with Crippen LogP contribution in [0.4, 0.5) is 0 Å². The third kappa shape index (κ3) is 3.05. The number of rotatable bonds is 6. The van der Waals surface area contributed by atoms with Crippen molar-refractivity contribution in [1.82, 2.24) is 15.3 Å². The molecule has 18 heavy (non-hydrogen) atoms. The zero-order chi connectivity index (χ0) is 12.8. The highest BCUT2D eigenvalue weighted by Gasteiger charge is 2.10. The smallest absolute Gasteiger partial charge is 0.0890 e. The first-order chi connectivity index (χ1) is 8.85. The predicted molar refractivity (Wildman–Crippen MR) is 75.5 cm³/mol. The first-order valence-corrected chi connectivity index (χ1v) is 6.79. The number of hydrogen-bond donors (Lipinski definition) is 1. The van der Waals surface area contributed by atoms with Crippen LogP contribution in [-0.2, 0) is 0 Å². The third-order valence-electron chi connectivity index (χ3n) is 3.11. The van der Waals surface area contributed by atoms with Crippen LogP contribution >= 0.6 is 0 Å². The lowest BCUT2D eigenvalue weighted by Gasteiger charge is -2.18. The number of nitrogens with one attached hydrogen (secondary N) is 1. The van der Waals surface area contributed by atoms with E-state index in [0.29, 0.717) is 6.04 Å². The van der Waals surface area contributed by atoms with Gasteiger partial charge in [-0.15, -0.1) is 0 Å².